The van der Waals surface area contributed by atoms with Crippen LogP contribution in [-0.4, -0.2) is 29.5 Å². The first-order valence-electron chi connectivity index (χ1n) is 5.71. The molecule has 1 atom stereocenters. The van der Waals surface area contributed by atoms with Gasteiger partial charge in [0.15, 0.2) is 0 Å². The zero-order valence-electron chi connectivity index (χ0n) is 10.1. The Morgan fingerprint density at radius 2 is 2.41 bits per heavy atom. The predicted molar refractivity (Wildman–Crippen MR) is 68.4 cm³/mol. The largest absolute Gasteiger partial charge is 0.469 e. The molecular weight excluding hydrogens is 286 g/mol. The molecule has 0 aliphatic carbocycles. The van der Waals surface area contributed by atoms with Gasteiger partial charge in [-0.25, -0.2) is 0 Å². The maximum absolute atomic E-state index is 12.2. The summed E-state index contributed by atoms with van der Waals surface area (Å²) in [6.07, 6.45) is 4.89. The average Bonchev–Trinajstić information content (AvgIpc) is 2.33. The Morgan fingerprint density at radius 1 is 1.71 bits per heavy atom. The number of hydrogen-bond donors (Lipinski definition) is 0. The minimum atomic E-state index is -0.488. The summed E-state index contributed by atoms with van der Waals surface area (Å²) in [5.74, 6) is -0.222. The van der Waals surface area contributed by atoms with Crippen LogP contribution in [0.1, 0.15) is 32.1 Å². The second-order valence-corrected chi connectivity index (χ2v) is 5.20. The molecule has 1 rings (SSSR count). The lowest BCUT2D eigenvalue weighted by Gasteiger charge is -2.38. The van der Waals surface area contributed by atoms with E-state index < -0.39 is 5.41 Å². The van der Waals surface area contributed by atoms with Gasteiger partial charge in [-0.2, -0.15) is 0 Å². The topological polar surface area (TPSA) is 46.6 Å². The molecule has 0 N–H and O–H groups in total. The van der Waals surface area contributed by atoms with Crippen molar-refractivity contribution in [3.05, 3.63) is 12.7 Å². The third-order valence-electron chi connectivity index (χ3n) is 3.25. The van der Waals surface area contributed by atoms with Crippen LogP contribution in [-0.2, 0) is 14.3 Å². The van der Waals surface area contributed by atoms with Crippen LogP contribution in [0.4, 0.5) is 0 Å². The van der Waals surface area contributed by atoms with Gasteiger partial charge in [-0.05, 0) is 25.7 Å². The number of carbonyl (C=O) groups excluding carboxylic acids is 2. The number of rotatable bonds is 5. The molecule has 1 heterocycles. The van der Waals surface area contributed by atoms with Crippen LogP contribution >= 0.6 is 16.1 Å². The van der Waals surface area contributed by atoms with E-state index in [0.717, 1.165) is 19.4 Å². The first kappa shape index (κ1) is 14.2. The minimum absolute atomic E-state index is 0.0487. The highest BCUT2D eigenvalue weighted by atomic mass is 79.9. The van der Waals surface area contributed by atoms with Crippen molar-refractivity contribution in [1.29, 1.82) is 0 Å². The van der Waals surface area contributed by atoms with Crippen molar-refractivity contribution in [3.63, 3.8) is 0 Å². The summed E-state index contributed by atoms with van der Waals surface area (Å²) < 4.78 is 6.19. The third-order valence-corrected chi connectivity index (χ3v) is 3.93. The minimum Gasteiger partial charge on any atom is -0.469 e. The highest BCUT2D eigenvalue weighted by Gasteiger charge is 2.42. The van der Waals surface area contributed by atoms with Gasteiger partial charge in [-0.15, -0.1) is 6.58 Å². The van der Waals surface area contributed by atoms with Crippen molar-refractivity contribution in [2.75, 3.05) is 13.7 Å². The molecule has 5 heteroatoms. The van der Waals surface area contributed by atoms with E-state index in [1.54, 1.807) is 10.0 Å². The number of piperidine rings is 1. The van der Waals surface area contributed by atoms with Crippen LogP contribution < -0.4 is 0 Å². The van der Waals surface area contributed by atoms with Crippen molar-refractivity contribution in [2.24, 2.45) is 5.41 Å². The molecule has 1 saturated heterocycles. The van der Waals surface area contributed by atoms with Crippen molar-refractivity contribution >= 4 is 28.0 Å². The van der Waals surface area contributed by atoms with Crippen LogP contribution in [0.15, 0.2) is 12.7 Å². The van der Waals surface area contributed by atoms with E-state index in [1.807, 2.05) is 0 Å². The number of halogens is 1. The highest BCUT2D eigenvalue weighted by Crippen LogP contribution is 2.40. The molecule has 1 fully saturated rings. The van der Waals surface area contributed by atoms with Gasteiger partial charge >= 0.3 is 5.97 Å². The molecule has 1 aliphatic heterocycles. The van der Waals surface area contributed by atoms with E-state index in [2.05, 4.69) is 27.5 Å². The monoisotopic (exact) mass is 303 g/mol. The van der Waals surface area contributed by atoms with Gasteiger partial charge in [0.05, 0.1) is 28.7 Å². The summed E-state index contributed by atoms with van der Waals surface area (Å²) in [6, 6.07) is 0. The quantitative estimate of drug-likeness (QED) is 0.445. The zero-order chi connectivity index (χ0) is 12.9. The zero-order valence-corrected chi connectivity index (χ0v) is 11.7. The molecule has 0 bridgehead atoms. The number of amides is 1. The fourth-order valence-electron chi connectivity index (χ4n) is 2.27. The highest BCUT2D eigenvalue weighted by molar-refractivity contribution is 9.07. The first-order chi connectivity index (χ1) is 8.05. The van der Waals surface area contributed by atoms with Crippen LogP contribution in [0.2, 0.25) is 0 Å². The van der Waals surface area contributed by atoms with Crippen molar-refractivity contribution < 1.29 is 14.3 Å². The van der Waals surface area contributed by atoms with Crippen molar-refractivity contribution in [1.82, 2.24) is 3.93 Å². The molecule has 0 unspecified atom stereocenters. The Balaban J connectivity index is 2.76. The molecule has 4 nitrogen and oxygen atoms in total. The molecule has 0 aromatic carbocycles. The predicted octanol–water partition coefficient (Wildman–Crippen LogP) is 2.43. The second-order valence-electron chi connectivity index (χ2n) is 4.34. The number of nitrogens with zero attached hydrogens (tertiary/aromatic N) is 1. The molecule has 0 spiro atoms. The lowest BCUT2D eigenvalue weighted by Crippen LogP contribution is -2.44. The van der Waals surface area contributed by atoms with E-state index in [9.17, 15) is 9.59 Å². The summed E-state index contributed by atoms with van der Waals surface area (Å²) >= 11 is 3.26. The molecule has 0 saturated carbocycles. The maximum Gasteiger partial charge on any atom is 0.305 e. The van der Waals surface area contributed by atoms with E-state index in [4.69, 9.17) is 0 Å². The standard InChI is InChI=1S/C12H18BrNO3/c1-3-6-12(8-5-10(15)17-2)7-4-9-14(13)11(12)16/h3H,1,4-9H2,2H3/t12-/m1/s1. The van der Waals surface area contributed by atoms with Gasteiger partial charge in [0, 0.05) is 13.0 Å². The average molecular weight is 304 g/mol. The molecular formula is C12H18BrNO3. The van der Waals surface area contributed by atoms with E-state index in [-0.39, 0.29) is 18.3 Å². The summed E-state index contributed by atoms with van der Waals surface area (Å²) in [5, 5.41) is 0. The molecule has 0 radical (unpaired) electrons. The number of ether oxygens (including phenoxy) is 1. The smallest absolute Gasteiger partial charge is 0.305 e. The molecule has 0 aromatic heterocycles. The third kappa shape index (κ3) is 3.31. The Labute approximate surface area is 110 Å². The molecule has 1 aliphatic rings. The molecule has 17 heavy (non-hydrogen) atoms. The fourth-order valence-corrected chi connectivity index (χ4v) is 2.89. The van der Waals surface area contributed by atoms with E-state index in [0.29, 0.717) is 12.8 Å². The summed E-state index contributed by atoms with van der Waals surface area (Å²) in [5.41, 5.74) is -0.488. The van der Waals surface area contributed by atoms with E-state index in [1.165, 1.54) is 7.11 Å². The second kappa shape index (κ2) is 6.19. The number of carbonyl (C=O) groups is 2. The summed E-state index contributed by atoms with van der Waals surface area (Å²) in [6.45, 7) is 4.42. The normalized spacial score (nSPS) is 24.6. The Hall–Kier alpha value is -0.840. The van der Waals surface area contributed by atoms with Crippen LogP contribution in [0, 0.1) is 5.41 Å². The van der Waals surface area contributed by atoms with Crippen molar-refractivity contribution in [3.8, 4) is 0 Å². The van der Waals surface area contributed by atoms with Crippen LogP contribution in [0.3, 0.4) is 0 Å². The van der Waals surface area contributed by atoms with Gasteiger partial charge in [0.25, 0.3) is 0 Å². The SMILES string of the molecule is C=CC[C@]1(CCC(=O)OC)CCCN(Br)C1=O. The Morgan fingerprint density at radius 3 is 3.00 bits per heavy atom. The molecule has 96 valence electrons. The fraction of sp³-hybridized carbons (Fsp3) is 0.667. The lowest BCUT2D eigenvalue weighted by atomic mass is 9.73. The van der Waals surface area contributed by atoms with Crippen molar-refractivity contribution in [2.45, 2.75) is 32.1 Å². The van der Waals surface area contributed by atoms with Gasteiger partial charge in [-0.3, -0.25) is 13.5 Å². The first-order valence-corrected chi connectivity index (χ1v) is 6.42. The Kier molecular flexibility index (Phi) is 5.18. The molecule has 1 amide bonds. The summed E-state index contributed by atoms with van der Waals surface area (Å²) in [4.78, 5) is 23.4. The molecule has 0 aromatic rings. The van der Waals surface area contributed by atoms with Gasteiger partial charge in [0.1, 0.15) is 0 Å². The lowest BCUT2D eigenvalue weighted by molar-refractivity contribution is -0.144. The maximum atomic E-state index is 12.2. The summed E-state index contributed by atoms with van der Waals surface area (Å²) in [7, 11) is 1.36. The van der Waals surface area contributed by atoms with E-state index >= 15 is 0 Å². The number of esters is 1. The number of methoxy groups -OCH3 is 1. The van der Waals surface area contributed by atoms with Crippen LogP contribution in [0.5, 0.6) is 0 Å². The number of hydrogen-bond acceptors (Lipinski definition) is 3. The Bertz CT molecular complexity index is 319. The van der Waals surface area contributed by atoms with Gasteiger partial charge < -0.3 is 4.74 Å². The van der Waals surface area contributed by atoms with Gasteiger partial charge in [0.2, 0.25) is 5.91 Å². The number of allylic oxidation sites excluding steroid dienone is 1. The van der Waals surface area contributed by atoms with Crippen LogP contribution in [0.25, 0.3) is 0 Å². The van der Waals surface area contributed by atoms with Gasteiger partial charge in [-0.1, -0.05) is 6.08 Å².